The number of carbonyl (C=O) groups excluding carboxylic acids is 3. The van der Waals surface area contributed by atoms with Gasteiger partial charge in [-0.25, -0.2) is 4.79 Å². The lowest BCUT2D eigenvalue weighted by Crippen LogP contribution is -2.54. The summed E-state index contributed by atoms with van der Waals surface area (Å²) in [5.41, 5.74) is 1.78. The van der Waals surface area contributed by atoms with Gasteiger partial charge in [0.05, 0.1) is 0 Å². The molecule has 182 valence electrons. The summed E-state index contributed by atoms with van der Waals surface area (Å²) in [7, 11) is 0. The molecule has 7 nitrogen and oxygen atoms in total. The first-order chi connectivity index (χ1) is 15.2. The molecule has 3 unspecified atom stereocenters. The van der Waals surface area contributed by atoms with E-state index in [1.165, 1.54) is 0 Å². The van der Waals surface area contributed by atoms with Crippen LogP contribution in [0.4, 0.5) is 4.79 Å². The van der Waals surface area contributed by atoms with Gasteiger partial charge in [0.25, 0.3) is 5.91 Å². The molecule has 1 aromatic rings. The van der Waals surface area contributed by atoms with Crippen molar-refractivity contribution in [2.45, 2.75) is 92.5 Å². The van der Waals surface area contributed by atoms with Crippen molar-refractivity contribution in [2.24, 2.45) is 5.92 Å². The zero-order valence-electron chi connectivity index (χ0n) is 21.4. The summed E-state index contributed by atoms with van der Waals surface area (Å²) >= 11 is 0. The number of amides is 3. The van der Waals surface area contributed by atoms with E-state index in [4.69, 9.17) is 11.2 Å². The molecular formula is C26H39N3O4. The Kier molecular flexibility index (Phi) is 9.97. The van der Waals surface area contributed by atoms with Gasteiger partial charge in [0.1, 0.15) is 17.7 Å². The molecule has 0 heterocycles. The van der Waals surface area contributed by atoms with E-state index in [2.05, 4.69) is 16.7 Å². The van der Waals surface area contributed by atoms with Crippen LogP contribution in [0.1, 0.15) is 77.6 Å². The molecule has 0 aliphatic carbocycles. The van der Waals surface area contributed by atoms with Gasteiger partial charge < -0.3 is 15.4 Å². The van der Waals surface area contributed by atoms with E-state index >= 15 is 0 Å². The molecule has 3 amide bonds. The Bertz CT molecular complexity index is 876. The topological polar surface area (TPSA) is 87.7 Å². The van der Waals surface area contributed by atoms with Crippen molar-refractivity contribution in [3.63, 3.8) is 0 Å². The number of ether oxygens (including phenoxy) is 1. The number of alkyl carbamates (subject to hydrolysis) is 1. The van der Waals surface area contributed by atoms with Crippen molar-refractivity contribution >= 4 is 17.9 Å². The fraction of sp³-hybridized carbons (Fsp3) is 0.577. The number of hydrogen-bond donors (Lipinski definition) is 2. The van der Waals surface area contributed by atoms with E-state index in [0.29, 0.717) is 12.0 Å². The predicted octanol–water partition coefficient (Wildman–Crippen LogP) is 4.23. The van der Waals surface area contributed by atoms with E-state index in [1.807, 2.05) is 59.7 Å². The van der Waals surface area contributed by atoms with Gasteiger partial charge in [-0.05, 0) is 59.9 Å². The van der Waals surface area contributed by atoms with Crippen LogP contribution in [0.5, 0.6) is 0 Å². The fourth-order valence-corrected chi connectivity index (χ4v) is 3.48. The minimum atomic E-state index is -1.05. The molecular weight excluding hydrogens is 418 g/mol. The summed E-state index contributed by atoms with van der Waals surface area (Å²) in [5.74, 6) is -1.17. The predicted molar refractivity (Wildman–Crippen MR) is 130 cm³/mol. The Morgan fingerprint density at radius 1 is 1.06 bits per heavy atom. The lowest BCUT2D eigenvalue weighted by molar-refractivity contribution is -0.139. The normalized spacial score (nSPS) is 14.0. The molecule has 0 saturated carbocycles. The highest BCUT2D eigenvalue weighted by molar-refractivity contribution is 5.93. The first-order valence-electron chi connectivity index (χ1n) is 11.4. The molecule has 0 bridgehead atoms. The summed E-state index contributed by atoms with van der Waals surface area (Å²) in [6, 6.07) is 5.92. The van der Waals surface area contributed by atoms with Gasteiger partial charge in [-0.1, -0.05) is 56.0 Å². The Morgan fingerprint density at radius 2 is 1.61 bits per heavy atom. The third kappa shape index (κ3) is 8.45. The third-order valence-electron chi connectivity index (χ3n) is 5.03. The molecule has 0 saturated heterocycles. The van der Waals surface area contributed by atoms with Gasteiger partial charge in [0, 0.05) is 12.1 Å². The maximum absolute atomic E-state index is 13.7. The van der Waals surface area contributed by atoms with E-state index < -0.39 is 29.7 Å². The number of terminal acetylenes is 1. The van der Waals surface area contributed by atoms with Gasteiger partial charge in [-0.15, -0.1) is 0 Å². The van der Waals surface area contributed by atoms with Crippen LogP contribution < -0.4 is 10.6 Å². The number of hydrogen-bond acceptors (Lipinski definition) is 4. The molecule has 0 fully saturated rings. The fourth-order valence-electron chi connectivity index (χ4n) is 3.48. The maximum atomic E-state index is 13.7. The van der Waals surface area contributed by atoms with Crippen molar-refractivity contribution in [1.82, 2.24) is 15.5 Å². The molecule has 1 rings (SSSR count). The van der Waals surface area contributed by atoms with Crippen LogP contribution in [0.25, 0.3) is 0 Å². The first-order valence-corrected chi connectivity index (χ1v) is 11.4. The highest BCUT2D eigenvalue weighted by Gasteiger charge is 2.38. The minimum absolute atomic E-state index is 0.147. The minimum Gasteiger partial charge on any atom is -0.444 e. The quantitative estimate of drug-likeness (QED) is 0.452. The number of aryl methyl sites for hydroxylation is 2. The summed E-state index contributed by atoms with van der Waals surface area (Å²) in [5, 5.41) is 5.53. The zero-order valence-corrected chi connectivity index (χ0v) is 21.4. The van der Waals surface area contributed by atoms with Crippen LogP contribution >= 0.6 is 0 Å². The molecule has 0 spiro atoms. The molecule has 0 radical (unpaired) electrons. The Morgan fingerprint density at radius 3 is 2.03 bits per heavy atom. The number of nitrogens with one attached hydrogen (secondary N) is 2. The summed E-state index contributed by atoms with van der Waals surface area (Å²) in [6.45, 7) is 16.5. The standard InChI is InChI=1S/C26H39N3O4/c1-11-19(7)21(28-25(32)33-26(8,9)10)24(31)29(12-2)22(23(30)27-16(3)4)20-14-17(5)13-18(6)15-20/h2,13-16,19,21-22H,11H2,1,3-10H3,(H,27,30)(H,28,32). The lowest BCUT2D eigenvalue weighted by atomic mass is 9.95. The lowest BCUT2D eigenvalue weighted by Gasteiger charge is -2.33. The number of benzene rings is 1. The molecule has 2 N–H and O–H groups in total. The van der Waals surface area contributed by atoms with Crippen LogP contribution in [-0.2, 0) is 14.3 Å². The van der Waals surface area contributed by atoms with Gasteiger partial charge in [0.15, 0.2) is 0 Å². The number of carbonyl (C=O) groups is 3. The smallest absolute Gasteiger partial charge is 0.408 e. The van der Waals surface area contributed by atoms with E-state index in [-0.39, 0.29) is 17.9 Å². The second-order valence-corrected chi connectivity index (χ2v) is 9.83. The number of nitrogens with zero attached hydrogens (tertiary/aromatic N) is 1. The zero-order chi connectivity index (χ0) is 25.5. The van der Waals surface area contributed by atoms with Crippen molar-refractivity contribution in [3.8, 4) is 12.5 Å². The van der Waals surface area contributed by atoms with Crippen molar-refractivity contribution < 1.29 is 19.1 Å². The molecule has 0 aromatic heterocycles. The summed E-state index contributed by atoms with van der Waals surface area (Å²) in [6.07, 6.45) is 5.69. The largest absolute Gasteiger partial charge is 0.444 e. The third-order valence-corrected chi connectivity index (χ3v) is 5.03. The second-order valence-electron chi connectivity index (χ2n) is 9.83. The van der Waals surface area contributed by atoms with Crippen LogP contribution in [0.15, 0.2) is 18.2 Å². The first kappa shape index (κ1) is 28.0. The van der Waals surface area contributed by atoms with Crippen LogP contribution in [0.3, 0.4) is 0 Å². The monoisotopic (exact) mass is 457 g/mol. The van der Waals surface area contributed by atoms with E-state index in [9.17, 15) is 14.4 Å². The average molecular weight is 458 g/mol. The molecule has 33 heavy (non-hydrogen) atoms. The molecule has 3 atom stereocenters. The molecule has 0 aliphatic heterocycles. The second kappa shape index (κ2) is 11.7. The van der Waals surface area contributed by atoms with Crippen molar-refractivity contribution in [3.05, 3.63) is 34.9 Å². The van der Waals surface area contributed by atoms with Gasteiger partial charge in [0.2, 0.25) is 5.91 Å². The van der Waals surface area contributed by atoms with Crippen LogP contribution in [0.2, 0.25) is 0 Å². The molecule has 1 aromatic carbocycles. The highest BCUT2D eigenvalue weighted by Crippen LogP contribution is 2.26. The highest BCUT2D eigenvalue weighted by atomic mass is 16.6. The maximum Gasteiger partial charge on any atom is 0.408 e. The molecule has 0 aliphatic rings. The Balaban J connectivity index is 3.46. The number of rotatable bonds is 8. The van der Waals surface area contributed by atoms with Crippen LogP contribution in [0, 0.1) is 32.2 Å². The Labute approximate surface area is 198 Å². The van der Waals surface area contributed by atoms with E-state index in [1.54, 1.807) is 20.8 Å². The van der Waals surface area contributed by atoms with Gasteiger partial charge in [-0.3, -0.25) is 14.5 Å². The van der Waals surface area contributed by atoms with Crippen LogP contribution in [-0.4, -0.2) is 40.5 Å². The SMILES string of the molecule is C#CN(C(=O)C(NC(=O)OC(C)(C)C)C(C)CC)C(C(=O)NC(C)C)c1cc(C)cc(C)c1. The Hall–Kier alpha value is -3.01. The van der Waals surface area contributed by atoms with Gasteiger partial charge >= 0.3 is 6.09 Å². The molecule has 7 heteroatoms. The van der Waals surface area contributed by atoms with Gasteiger partial charge in [-0.2, -0.15) is 0 Å². The summed E-state index contributed by atoms with van der Waals surface area (Å²) in [4.78, 5) is 40.5. The summed E-state index contributed by atoms with van der Waals surface area (Å²) < 4.78 is 5.35. The average Bonchev–Trinajstić information content (AvgIpc) is 2.66. The van der Waals surface area contributed by atoms with Crippen molar-refractivity contribution in [2.75, 3.05) is 0 Å². The van der Waals surface area contributed by atoms with Crippen molar-refractivity contribution in [1.29, 1.82) is 0 Å². The van der Waals surface area contributed by atoms with E-state index in [0.717, 1.165) is 16.0 Å².